The van der Waals surface area contributed by atoms with Crippen LogP contribution < -0.4 is 10.1 Å². The van der Waals surface area contributed by atoms with Crippen LogP contribution in [0.1, 0.15) is 35.3 Å². The van der Waals surface area contributed by atoms with E-state index in [2.05, 4.69) is 5.32 Å². The second-order valence-corrected chi connectivity index (χ2v) is 7.90. The topological polar surface area (TPSA) is 55.4 Å². The summed E-state index contributed by atoms with van der Waals surface area (Å²) in [6.07, 6.45) is 0.754. The van der Waals surface area contributed by atoms with E-state index in [-0.39, 0.29) is 11.7 Å². The molecule has 0 atom stereocenters. The number of amides is 1. The van der Waals surface area contributed by atoms with E-state index in [4.69, 9.17) is 16.3 Å². The first kappa shape index (κ1) is 21.6. The first-order valence-corrected chi connectivity index (χ1v) is 10.1. The van der Waals surface area contributed by atoms with Crippen molar-refractivity contribution in [2.75, 3.05) is 6.54 Å². The molecule has 3 rings (SSSR count). The van der Waals surface area contributed by atoms with Crippen molar-refractivity contribution < 1.29 is 14.3 Å². The summed E-state index contributed by atoms with van der Waals surface area (Å²) in [5.74, 6) is 0.224. The van der Waals surface area contributed by atoms with E-state index in [1.165, 1.54) is 0 Å². The van der Waals surface area contributed by atoms with E-state index >= 15 is 0 Å². The van der Waals surface area contributed by atoms with Crippen LogP contribution in [-0.2, 0) is 11.2 Å². The Morgan fingerprint density at radius 1 is 0.867 bits per heavy atom. The van der Waals surface area contributed by atoms with Gasteiger partial charge in [0.15, 0.2) is 11.4 Å². The van der Waals surface area contributed by atoms with Crippen LogP contribution in [0.3, 0.4) is 0 Å². The number of nitrogens with one attached hydrogen (secondary N) is 1. The van der Waals surface area contributed by atoms with Gasteiger partial charge in [0.2, 0.25) is 0 Å². The van der Waals surface area contributed by atoms with Crippen molar-refractivity contribution in [3.63, 3.8) is 0 Å². The molecule has 0 unspecified atom stereocenters. The van der Waals surface area contributed by atoms with Gasteiger partial charge in [0.05, 0.1) is 0 Å². The van der Waals surface area contributed by atoms with E-state index in [1.807, 2.05) is 30.3 Å². The van der Waals surface area contributed by atoms with Crippen molar-refractivity contribution in [2.24, 2.45) is 0 Å². The van der Waals surface area contributed by atoms with Crippen molar-refractivity contribution in [3.8, 4) is 5.75 Å². The lowest BCUT2D eigenvalue weighted by Gasteiger charge is -2.25. The highest BCUT2D eigenvalue weighted by Gasteiger charge is 2.29. The van der Waals surface area contributed by atoms with Crippen molar-refractivity contribution in [1.29, 1.82) is 0 Å². The third kappa shape index (κ3) is 5.71. The number of rotatable bonds is 8. The number of carbonyl (C=O) groups is 2. The summed E-state index contributed by atoms with van der Waals surface area (Å²) in [5.41, 5.74) is 1.22. The van der Waals surface area contributed by atoms with Crippen LogP contribution in [0, 0.1) is 0 Å². The number of hydrogen-bond donors (Lipinski definition) is 1. The van der Waals surface area contributed by atoms with Gasteiger partial charge in [-0.2, -0.15) is 0 Å². The molecule has 3 aromatic rings. The summed E-state index contributed by atoms with van der Waals surface area (Å²) < 4.78 is 5.88. The molecule has 0 saturated carbocycles. The summed E-state index contributed by atoms with van der Waals surface area (Å²) in [6.45, 7) is 3.97. The Labute approximate surface area is 181 Å². The SMILES string of the molecule is CC(C)(Oc1ccc(C(=O)c2ccc(Cl)cc2)cc1)C(=O)NCCc1ccccc1. The molecule has 0 saturated heterocycles. The Balaban J connectivity index is 1.57. The normalized spacial score (nSPS) is 11.0. The minimum Gasteiger partial charge on any atom is -0.478 e. The molecule has 1 N–H and O–H groups in total. The van der Waals surface area contributed by atoms with Gasteiger partial charge in [-0.3, -0.25) is 9.59 Å². The lowest BCUT2D eigenvalue weighted by molar-refractivity contribution is -0.134. The highest BCUT2D eigenvalue weighted by molar-refractivity contribution is 6.30. The van der Waals surface area contributed by atoms with Gasteiger partial charge < -0.3 is 10.1 Å². The van der Waals surface area contributed by atoms with E-state index in [9.17, 15) is 9.59 Å². The quantitative estimate of drug-likeness (QED) is 0.515. The maximum Gasteiger partial charge on any atom is 0.263 e. The summed E-state index contributed by atoms with van der Waals surface area (Å²) in [6, 6.07) is 23.5. The second-order valence-electron chi connectivity index (χ2n) is 7.46. The van der Waals surface area contributed by atoms with Crippen LogP contribution in [0.15, 0.2) is 78.9 Å². The molecule has 5 heteroatoms. The average molecular weight is 422 g/mol. The second kappa shape index (κ2) is 9.59. The fourth-order valence-corrected chi connectivity index (χ4v) is 3.09. The van der Waals surface area contributed by atoms with Crippen molar-refractivity contribution in [3.05, 3.63) is 101 Å². The largest absolute Gasteiger partial charge is 0.478 e. The van der Waals surface area contributed by atoms with Crippen LogP contribution in [-0.4, -0.2) is 23.8 Å². The fraction of sp³-hybridized carbons (Fsp3) is 0.200. The molecule has 1 amide bonds. The third-order valence-electron chi connectivity index (χ3n) is 4.68. The number of ether oxygens (including phenoxy) is 1. The molecule has 30 heavy (non-hydrogen) atoms. The van der Waals surface area contributed by atoms with Crippen molar-refractivity contribution >= 4 is 23.3 Å². The molecule has 0 spiro atoms. The average Bonchev–Trinajstić information content (AvgIpc) is 2.75. The highest BCUT2D eigenvalue weighted by Crippen LogP contribution is 2.21. The van der Waals surface area contributed by atoms with Gasteiger partial charge in [0.1, 0.15) is 5.75 Å². The summed E-state index contributed by atoms with van der Waals surface area (Å²) >= 11 is 5.87. The van der Waals surface area contributed by atoms with Crippen LogP contribution in [0.2, 0.25) is 5.02 Å². The molecular weight excluding hydrogens is 398 g/mol. The molecule has 0 heterocycles. The molecule has 3 aromatic carbocycles. The monoisotopic (exact) mass is 421 g/mol. The number of benzene rings is 3. The predicted molar refractivity (Wildman–Crippen MR) is 119 cm³/mol. The molecule has 0 radical (unpaired) electrons. The van der Waals surface area contributed by atoms with Crippen molar-refractivity contribution in [1.82, 2.24) is 5.32 Å². The first-order valence-electron chi connectivity index (χ1n) is 9.77. The molecular formula is C25H24ClNO3. The Bertz CT molecular complexity index is 997. The maximum absolute atomic E-state index is 12.5. The van der Waals surface area contributed by atoms with Gasteiger partial charge in [-0.1, -0.05) is 41.9 Å². The fourth-order valence-electron chi connectivity index (χ4n) is 2.96. The molecule has 0 aliphatic rings. The van der Waals surface area contributed by atoms with Gasteiger partial charge in [-0.05, 0) is 74.4 Å². The molecule has 0 fully saturated rings. The maximum atomic E-state index is 12.5. The summed E-state index contributed by atoms with van der Waals surface area (Å²) in [5, 5.41) is 3.50. The number of carbonyl (C=O) groups excluding carboxylic acids is 2. The number of ketones is 1. The predicted octanol–water partition coefficient (Wildman–Crippen LogP) is 5.09. The van der Waals surface area contributed by atoms with Gasteiger partial charge >= 0.3 is 0 Å². The zero-order valence-corrected chi connectivity index (χ0v) is 17.8. The molecule has 4 nitrogen and oxygen atoms in total. The molecule has 154 valence electrons. The lowest BCUT2D eigenvalue weighted by atomic mass is 10.0. The Morgan fingerprint density at radius 2 is 1.43 bits per heavy atom. The lowest BCUT2D eigenvalue weighted by Crippen LogP contribution is -2.47. The standard InChI is InChI=1S/C25H24ClNO3/c1-25(2,24(29)27-17-16-18-6-4-3-5-7-18)30-22-14-10-20(11-15-22)23(28)19-8-12-21(26)13-9-19/h3-15H,16-17H2,1-2H3,(H,27,29). The molecule has 0 aromatic heterocycles. The van der Waals surface area contributed by atoms with Gasteiger partial charge in [-0.25, -0.2) is 0 Å². The van der Waals surface area contributed by atoms with Crippen molar-refractivity contribution in [2.45, 2.75) is 25.9 Å². The molecule has 0 aliphatic carbocycles. The Kier molecular flexibility index (Phi) is 6.91. The summed E-state index contributed by atoms with van der Waals surface area (Å²) in [4.78, 5) is 25.1. The van der Waals surface area contributed by atoms with E-state index < -0.39 is 5.60 Å². The smallest absolute Gasteiger partial charge is 0.263 e. The van der Waals surface area contributed by atoms with Gasteiger partial charge in [-0.15, -0.1) is 0 Å². The van der Waals surface area contributed by atoms with E-state index in [0.717, 1.165) is 12.0 Å². The zero-order valence-electron chi connectivity index (χ0n) is 17.0. The van der Waals surface area contributed by atoms with Crippen LogP contribution >= 0.6 is 11.6 Å². The minimum absolute atomic E-state index is 0.101. The van der Waals surface area contributed by atoms with E-state index in [1.54, 1.807) is 62.4 Å². The Morgan fingerprint density at radius 3 is 2.03 bits per heavy atom. The Hall–Kier alpha value is -3.11. The van der Waals surface area contributed by atoms with Gasteiger partial charge in [0, 0.05) is 22.7 Å². The highest BCUT2D eigenvalue weighted by atomic mass is 35.5. The minimum atomic E-state index is -1.04. The summed E-state index contributed by atoms with van der Waals surface area (Å²) in [7, 11) is 0. The zero-order chi connectivity index (χ0) is 21.6. The first-order chi connectivity index (χ1) is 14.3. The number of halogens is 1. The van der Waals surface area contributed by atoms with Crippen LogP contribution in [0.5, 0.6) is 5.75 Å². The number of hydrogen-bond acceptors (Lipinski definition) is 3. The van der Waals surface area contributed by atoms with Crippen LogP contribution in [0.25, 0.3) is 0 Å². The third-order valence-corrected chi connectivity index (χ3v) is 4.94. The van der Waals surface area contributed by atoms with E-state index in [0.29, 0.717) is 28.4 Å². The van der Waals surface area contributed by atoms with Crippen LogP contribution in [0.4, 0.5) is 0 Å². The molecule has 0 aliphatic heterocycles. The molecule has 0 bridgehead atoms. The van der Waals surface area contributed by atoms with Gasteiger partial charge in [0.25, 0.3) is 5.91 Å².